The van der Waals surface area contributed by atoms with Crippen LogP contribution in [0.4, 0.5) is 4.79 Å². The number of nitrogens with two attached hydrogens (primary N) is 1. The van der Waals surface area contributed by atoms with Crippen LogP contribution in [0.3, 0.4) is 0 Å². The van der Waals surface area contributed by atoms with E-state index in [9.17, 15) is 9.59 Å². The Morgan fingerprint density at radius 3 is 2.62 bits per heavy atom. The predicted octanol–water partition coefficient (Wildman–Crippen LogP) is -0.318. The Bertz CT molecular complexity index is 282. The molecule has 1 fully saturated rings. The van der Waals surface area contributed by atoms with Crippen LogP contribution in [-0.4, -0.2) is 48.7 Å². The van der Waals surface area contributed by atoms with E-state index in [1.807, 2.05) is 6.92 Å². The van der Waals surface area contributed by atoms with Crippen LogP contribution in [0.25, 0.3) is 0 Å². The highest BCUT2D eigenvalue weighted by Crippen LogP contribution is 2.20. The highest BCUT2D eigenvalue weighted by atomic mass is 16.5. The van der Waals surface area contributed by atoms with Gasteiger partial charge in [0.2, 0.25) is 0 Å². The highest BCUT2D eigenvalue weighted by Gasteiger charge is 2.45. The van der Waals surface area contributed by atoms with Gasteiger partial charge in [0.05, 0.1) is 19.8 Å². The Kier molecular flexibility index (Phi) is 4.26. The van der Waals surface area contributed by atoms with E-state index in [0.717, 1.165) is 0 Å². The molecule has 0 aliphatic carbocycles. The van der Waals surface area contributed by atoms with Crippen molar-refractivity contribution >= 4 is 11.9 Å². The maximum absolute atomic E-state index is 11.9. The molecule has 1 aliphatic heterocycles. The molecular formula is C10H19N3O3. The summed E-state index contributed by atoms with van der Waals surface area (Å²) < 4.78 is 5.14. The van der Waals surface area contributed by atoms with Crippen LogP contribution in [0.15, 0.2) is 0 Å². The third-order valence-electron chi connectivity index (χ3n) is 2.77. The van der Waals surface area contributed by atoms with Crippen LogP contribution in [0.1, 0.15) is 20.3 Å². The minimum absolute atomic E-state index is 0.184. The fraction of sp³-hybridized carbons (Fsp3) is 0.800. The van der Waals surface area contributed by atoms with Crippen molar-refractivity contribution in [2.45, 2.75) is 25.8 Å². The monoisotopic (exact) mass is 229 g/mol. The lowest BCUT2D eigenvalue weighted by molar-refractivity contribution is -0.131. The van der Waals surface area contributed by atoms with Crippen LogP contribution in [0, 0.1) is 0 Å². The quantitative estimate of drug-likeness (QED) is 0.483. The van der Waals surface area contributed by atoms with Crippen molar-refractivity contribution < 1.29 is 14.3 Å². The molecule has 3 N–H and O–H groups in total. The first kappa shape index (κ1) is 12.9. The van der Waals surface area contributed by atoms with Crippen molar-refractivity contribution in [2.24, 2.45) is 5.73 Å². The van der Waals surface area contributed by atoms with Crippen LogP contribution < -0.4 is 11.1 Å². The van der Waals surface area contributed by atoms with Gasteiger partial charge in [-0.1, -0.05) is 6.92 Å². The number of amides is 3. The SMILES string of the molecule is CCC1(C)NC(=O)N(CCOCCN)C1=O. The largest absolute Gasteiger partial charge is 0.378 e. The van der Waals surface area contributed by atoms with Gasteiger partial charge in [-0.25, -0.2) is 4.79 Å². The molecule has 0 saturated carbocycles. The molecule has 0 aromatic heterocycles. The number of hydrogen-bond acceptors (Lipinski definition) is 4. The third kappa shape index (κ3) is 2.51. The van der Waals surface area contributed by atoms with E-state index in [-0.39, 0.29) is 18.5 Å². The van der Waals surface area contributed by atoms with Crippen molar-refractivity contribution in [2.75, 3.05) is 26.3 Å². The molecule has 1 saturated heterocycles. The number of rotatable bonds is 6. The number of imide groups is 1. The Balaban J connectivity index is 2.48. The van der Waals surface area contributed by atoms with Crippen LogP contribution >= 0.6 is 0 Å². The number of carbonyl (C=O) groups excluding carboxylic acids is 2. The number of nitrogens with one attached hydrogen (secondary N) is 1. The van der Waals surface area contributed by atoms with Crippen LogP contribution in [-0.2, 0) is 9.53 Å². The summed E-state index contributed by atoms with van der Waals surface area (Å²) in [6, 6.07) is -0.342. The first-order valence-electron chi connectivity index (χ1n) is 5.47. The lowest BCUT2D eigenvalue weighted by atomic mass is 9.99. The molecule has 6 heteroatoms. The second-order valence-electron chi connectivity index (χ2n) is 3.97. The third-order valence-corrected chi connectivity index (χ3v) is 2.77. The van der Waals surface area contributed by atoms with E-state index in [1.165, 1.54) is 4.90 Å². The Morgan fingerprint density at radius 1 is 1.44 bits per heavy atom. The van der Waals surface area contributed by atoms with E-state index in [4.69, 9.17) is 10.5 Å². The Hall–Kier alpha value is -1.14. The van der Waals surface area contributed by atoms with Gasteiger partial charge in [-0.2, -0.15) is 0 Å². The van der Waals surface area contributed by atoms with E-state index < -0.39 is 5.54 Å². The average molecular weight is 229 g/mol. The van der Waals surface area contributed by atoms with Gasteiger partial charge < -0.3 is 15.8 Å². The number of hydrogen-bond donors (Lipinski definition) is 2. The van der Waals surface area contributed by atoms with Gasteiger partial charge in [0.25, 0.3) is 5.91 Å². The maximum Gasteiger partial charge on any atom is 0.325 e. The van der Waals surface area contributed by atoms with Crippen molar-refractivity contribution in [1.29, 1.82) is 0 Å². The van der Waals surface area contributed by atoms with Gasteiger partial charge in [-0.05, 0) is 13.3 Å². The van der Waals surface area contributed by atoms with Crippen LogP contribution in [0.2, 0.25) is 0 Å². The smallest absolute Gasteiger partial charge is 0.325 e. The lowest BCUT2D eigenvalue weighted by Gasteiger charge is -2.19. The average Bonchev–Trinajstić information content (AvgIpc) is 2.48. The van der Waals surface area contributed by atoms with Crippen molar-refractivity contribution in [3.05, 3.63) is 0 Å². The summed E-state index contributed by atoms with van der Waals surface area (Å²) in [7, 11) is 0. The summed E-state index contributed by atoms with van der Waals surface area (Å²) in [5.41, 5.74) is 4.50. The summed E-state index contributed by atoms with van der Waals surface area (Å²) >= 11 is 0. The summed E-state index contributed by atoms with van der Waals surface area (Å²) in [4.78, 5) is 24.6. The number of ether oxygens (including phenoxy) is 1. The van der Waals surface area contributed by atoms with E-state index >= 15 is 0 Å². The normalized spacial score (nSPS) is 25.1. The molecule has 3 amide bonds. The maximum atomic E-state index is 11.9. The predicted molar refractivity (Wildman–Crippen MR) is 58.8 cm³/mol. The summed E-state index contributed by atoms with van der Waals surface area (Å²) in [6.45, 7) is 5.08. The molecule has 0 spiro atoms. The minimum Gasteiger partial charge on any atom is -0.378 e. The molecule has 1 rings (SSSR count). The molecule has 1 unspecified atom stereocenters. The number of nitrogens with zero attached hydrogens (tertiary/aromatic N) is 1. The zero-order valence-electron chi connectivity index (χ0n) is 9.78. The first-order chi connectivity index (χ1) is 7.55. The summed E-state index contributed by atoms with van der Waals surface area (Å²) in [5, 5.41) is 2.68. The second kappa shape index (κ2) is 5.27. The molecule has 1 heterocycles. The minimum atomic E-state index is -0.759. The van der Waals surface area contributed by atoms with Gasteiger partial charge in [-0.15, -0.1) is 0 Å². The van der Waals surface area contributed by atoms with E-state index in [1.54, 1.807) is 6.92 Å². The molecule has 16 heavy (non-hydrogen) atoms. The van der Waals surface area contributed by atoms with Gasteiger partial charge in [0, 0.05) is 6.54 Å². The van der Waals surface area contributed by atoms with Crippen molar-refractivity contribution in [3.63, 3.8) is 0 Å². The molecule has 92 valence electrons. The Morgan fingerprint density at radius 2 is 2.12 bits per heavy atom. The Labute approximate surface area is 95.1 Å². The topological polar surface area (TPSA) is 84.7 Å². The number of carbonyl (C=O) groups is 2. The number of urea groups is 1. The lowest BCUT2D eigenvalue weighted by Crippen LogP contribution is -2.43. The fourth-order valence-corrected chi connectivity index (χ4v) is 1.53. The first-order valence-corrected chi connectivity index (χ1v) is 5.47. The molecule has 0 aromatic rings. The molecule has 0 radical (unpaired) electrons. The van der Waals surface area contributed by atoms with Gasteiger partial charge in [-0.3, -0.25) is 9.69 Å². The highest BCUT2D eigenvalue weighted by molar-refractivity contribution is 6.06. The molecule has 6 nitrogen and oxygen atoms in total. The summed E-state index contributed by atoms with van der Waals surface area (Å²) in [6.07, 6.45) is 0.581. The van der Waals surface area contributed by atoms with Gasteiger partial charge in [0.1, 0.15) is 5.54 Å². The molecule has 0 bridgehead atoms. The fourth-order valence-electron chi connectivity index (χ4n) is 1.53. The molecule has 1 aliphatic rings. The molecule has 0 aromatic carbocycles. The van der Waals surface area contributed by atoms with E-state index in [2.05, 4.69) is 5.32 Å². The molecular weight excluding hydrogens is 210 g/mol. The van der Waals surface area contributed by atoms with Gasteiger partial charge in [0.15, 0.2) is 0 Å². The van der Waals surface area contributed by atoms with E-state index in [0.29, 0.717) is 26.2 Å². The zero-order valence-corrected chi connectivity index (χ0v) is 9.78. The second-order valence-corrected chi connectivity index (χ2v) is 3.97. The zero-order chi connectivity index (χ0) is 12.2. The standard InChI is InChI=1S/C10H19N3O3/c1-3-10(2)8(14)13(9(15)12-10)5-7-16-6-4-11/h3-7,11H2,1-2H3,(H,12,15). The van der Waals surface area contributed by atoms with Crippen LogP contribution in [0.5, 0.6) is 0 Å². The molecule has 1 atom stereocenters. The van der Waals surface area contributed by atoms with Gasteiger partial charge >= 0.3 is 6.03 Å². The van der Waals surface area contributed by atoms with Crippen molar-refractivity contribution in [1.82, 2.24) is 10.2 Å². The van der Waals surface area contributed by atoms with Crippen molar-refractivity contribution in [3.8, 4) is 0 Å². The summed E-state index contributed by atoms with van der Waals surface area (Å²) in [5.74, 6) is -0.184.